The number of fused-ring (bicyclic) bond motifs is 1. The molecule has 1 aliphatic heterocycles. The minimum atomic E-state index is -3.81. The second-order valence-corrected chi connectivity index (χ2v) is 12.6. The highest BCUT2D eigenvalue weighted by molar-refractivity contribution is 8.56. The highest BCUT2D eigenvalue weighted by Crippen LogP contribution is 2.59. The van der Waals surface area contributed by atoms with Gasteiger partial charge in [0.2, 0.25) is 0 Å². The van der Waals surface area contributed by atoms with Crippen LogP contribution in [0.2, 0.25) is 0 Å². The normalized spacial score (nSPS) is 25.2. The lowest BCUT2D eigenvalue weighted by Gasteiger charge is -2.28. The number of esters is 1. The number of hydrogen-bond acceptors (Lipinski definition) is 12. The smallest absolute Gasteiger partial charge is 0.375 e. The Kier molecular flexibility index (Phi) is 7.83. The third kappa shape index (κ3) is 5.33. The molecular weight excluding hydrogens is 511 g/mol. The first kappa shape index (κ1) is 26.3. The van der Waals surface area contributed by atoms with Crippen LogP contribution in [0.1, 0.15) is 20.1 Å². The van der Waals surface area contributed by atoms with Gasteiger partial charge < -0.3 is 29.9 Å². The summed E-state index contributed by atoms with van der Waals surface area (Å²) in [4.78, 5) is 24.2. The van der Waals surface area contributed by atoms with Gasteiger partial charge in [-0.2, -0.15) is 0 Å². The fraction of sp³-hybridized carbons (Fsp3) is 0.429. The van der Waals surface area contributed by atoms with Crippen LogP contribution >= 0.6 is 18.1 Å². The molecule has 0 bridgehead atoms. The lowest BCUT2D eigenvalue weighted by atomic mass is 10.1. The van der Waals surface area contributed by atoms with Crippen LogP contribution < -0.4 is 15.3 Å². The maximum Gasteiger partial charge on any atom is 0.375 e. The van der Waals surface area contributed by atoms with Crippen molar-refractivity contribution in [2.75, 3.05) is 12.8 Å². The molecule has 7 atom stereocenters. The number of anilines is 1. The number of nitrogens with two attached hydrogens (primary N) is 1. The average molecular weight is 539 g/mol. The molecule has 36 heavy (non-hydrogen) atoms. The predicted molar refractivity (Wildman–Crippen MR) is 132 cm³/mol. The molecule has 4 rings (SSSR count). The van der Waals surface area contributed by atoms with Gasteiger partial charge in [0.05, 0.1) is 13.4 Å². The van der Waals surface area contributed by atoms with Crippen LogP contribution in [0.15, 0.2) is 43.0 Å². The number of methoxy groups -OCH3 is 1. The van der Waals surface area contributed by atoms with Gasteiger partial charge in [-0.25, -0.2) is 24.6 Å². The predicted octanol–water partition coefficient (Wildman–Crippen LogP) is 1.49. The second kappa shape index (κ2) is 10.7. The maximum atomic E-state index is 13.9. The summed E-state index contributed by atoms with van der Waals surface area (Å²) in [6.45, 7) is -0.640. The number of aromatic nitrogens is 4. The summed E-state index contributed by atoms with van der Waals surface area (Å²) in [6.07, 6.45) is -2.03. The molecule has 0 radical (unpaired) electrons. The van der Waals surface area contributed by atoms with E-state index in [-0.39, 0.29) is 5.82 Å². The molecule has 0 amide bonds. The zero-order valence-corrected chi connectivity index (χ0v) is 21.4. The van der Waals surface area contributed by atoms with E-state index in [4.69, 9.17) is 19.7 Å². The number of para-hydroxylation sites is 1. The van der Waals surface area contributed by atoms with Gasteiger partial charge >= 0.3 is 12.7 Å². The summed E-state index contributed by atoms with van der Waals surface area (Å²) < 4.78 is 31.8. The molecule has 3 aromatic rings. The molecule has 5 N–H and O–H groups in total. The van der Waals surface area contributed by atoms with Gasteiger partial charge in [0.1, 0.15) is 41.9 Å². The standard InChI is InChI=1S/C21H27N6O7PS/c1-11(21(30)32-3)26-35(31,34-13-7-5-4-6-8-13)36-12(2)17-15(28)16(29)20(33-17)27-10-25-14-18(22)23-9-24-19(14)27/h4-12,15-17,20,28-29H,1-3H3,(H,26,31)(H2,22,23,24)/t11?,12?,15-,16+,17?,20?,35?/m0/s1. The number of aliphatic hydroxyl groups excluding tert-OH is 2. The van der Waals surface area contributed by atoms with Crippen LogP contribution in [0.3, 0.4) is 0 Å². The van der Waals surface area contributed by atoms with Crippen molar-refractivity contribution >= 4 is 41.1 Å². The molecule has 1 saturated heterocycles. The first-order chi connectivity index (χ1) is 17.1. The molecule has 1 aliphatic rings. The van der Waals surface area contributed by atoms with Gasteiger partial charge in [-0.05, 0) is 30.4 Å². The molecule has 0 aliphatic carbocycles. The van der Waals surface area contributed by atoms with E-state index in [9.17, 15) is 19.6 Å². The Morgan fingerprint density at radius 1 is 1.22 bits per heavy atom. The van der Waals surface area contributed by atoms with Crippen molar-refractivity contribution in [1.82, 2.24) is 24.6 Å². The van der Waals surface area contributed by atoms with Crippen LogP contribution in [0, 0.1) is 0 Å². The minimum absolute atomic E-state index is 0.164. The molecule has 194 valence electrons. The van der Waals surface area contributed by atoms with E-state index in [0.717, 1.165) is 11.4 Å². The van der Waals surface area contributed by atoms with E-state index in [0.29, 0.717) is 16.9 Å². The summed E-state index contributed by atoms with van der Waals surface area (Å²) in [5.41, 5.74) is 6.50. The van der Waals surface area contributed by atoms with E-state index >= 15 is 0 Å². The number of aliphatic hydroxyl groups is 2. The summed E-state index contributed by atoms with van der Waals surface area (Å²) in [7, 11) is 1.22. The van der Waals surface area contributed by atoms with E-state index in [1.807, 2.05) is 0 Å². The van der Waals surface area contributed by atoms with Crippen molar-refractivity contribution < 1.29 is 33.6 Å². The third-order valence-electron chi connectivity index (χ3n) is 5.58. The second-order valence-electron chi connectivity index (χ2n) is 8.14. The number of nitrogen functional groups attached to an aromatic ring is 1. The summed E-state index contributed by atoms with van der Waals surface area (Å²) in [5, 5.41) is 23.6. The molecule has 1 fully saturated rings. The minimum Gasteiger partial charge on any atom is -0.468 e. The molecular formula is C21H27N6O7PS. The summed E-state index contributed by atoms with van der Waals surface area (Å²) >= 11 is 0.854. The van der Waals surface area contributed by atoms with Crippen LogP contribution in [-0.4, -0.2) is 72.4 Å². The Labute approximate surface area is 210 Å². The zero-order valence-electron chi connectivity index (χ0n) is 19.7. The van der Waals surface area contributed by atoms with Crippen molar-refractivity contribution in [3.05, 3.63) is 43.0 Å². The molecule has 1 aromatic carbocycles. The Morgan fingerprint density at radius 2 is 1.94 bits per heavy atom. The fourth-order valence-corrected chi connectivity index (χ4v) is 8.44. The number of hydrogen-bond donors (Lipinski definition) is 4. The number of imidazole rings is 1. The number of benzene rings is 1. The molecule has 0 saturated carbocycles. The number of carbonyl (C=O) groups excluding carboxylic acids is 1. The van der Waals surface area contributed by atoms with Crippen molar-refractivity contribution in [3.63, 3.8) is 0 Å². The topological polar surface area (TPSA) is 184 Å². The van der Waals surface area contributed by atoms with Gasteiger partial charge in [-0.1, -0.05) is 25.1 Å². The Hall–Kier alpha value is -2.74. The maximum absolute atomic E-state index is 13.9. The van der Waals surface area contributed by atoms with Gasteiger partial charge in [0.25, 0.3) is 0 Å². The highest BCUT2D eigenvalue weighted by atomic mass is 32.7. The molecule has 3 heterocycles. The average Bonchev–Trinajstić information content (AvgIpc) is 3.40. The quantitative estimate of drug-likeness (QED) is 0.227. The molecule has 15 heteroatoms. The lowest BCUT2D eigenvalue weighted by molar-refractivity contribution is -0.142. The highest BCUT2D eigenvalue weighted by Gasteiger charge is 2.48. The summed E-state index contributed by atoms with van der Waals surface area (Å²) in [5.74, 6) is -0.142. The van der Waals surface area contributed by atoms with Gasteiger partial charge in [0, 0.05) is 5.25 Å². The monoisotopic (exact) mass is 538 g/mol. The first-order valence-electron chi connectivity index (χ1n) is 11.0. The van der Waals surface area contributed by atoms with E-state index in [1.165, 1.54) is 31.3 Å². The van der Waals surface area contributed by atoms with Crippen molar-refractivity contribution in [2.45, 2.75) is 49.7 Å². The number of nitrogens with zero attached hydrogens (tertiary/aromatic N) is 4. The Bertz CT molecular complexity index is 1260. The summed E-state index contributed by atoms with van der Waals surface area (Å²) in [6, 6.07) is 7.52. The number of carbonyl (C=O) groups is 1. The largest absolute Gasteiger partial charge is 0.468 e. The van der Waals surface area contributed by atoms with Crippen LogP contribution in [-0.2, 0) is 18.8 Å². The van der Waals surface area contributed by atoms with Gasteiger partial charge in [-0.15, -0.1) is 0 Å². The first-order valence-corrected chi connectivity index (χ1v) is 14.1. The van der Waals surface area contributed by atoms with E-state index < -0.39 is 48.5 Å². The number of rotatable bonds is 9. The van der Waals surface area contributed by atoms with Crippen molar-refractivity contribution in [3.8, 4) is 5.75 Å². The lowest BCUT2D eigenvalue weighted by Crippen LogP contribution is -2.37. The SMILES string of the molecule is COC(=O)C(C)NP(=O)(Oc1ccccc1)SC(C)C1OC(n2cnc3c(N)ncnc32)[C@H](O)[C@@H]1O. The fourth-order valence-electron chi connectivity index (χ4n) is 3.80. The number of nitrogens with one attached hydrogen (secondary N) is 1. The van der Waals surface area contributed by atoms with Crippen molar-refractivity contribution in [2.24, 2.45) is 0 Å². The number of ether oxygens (including phenoxy) is 2. The van der Waals surface area contributed by atoms with Crippen molar-refractivity contribution in [1.29, 1.82) is 0 Å². The zero-order chi connectivity index (χ0) is 26.0. The van der Waals surface area contributed by atoms with Gasteiger partial charge in [-0.3, -0.25) is 9.36 Å². The Balaban J connectivity index is 1.56. The Morgan fingerprint density at radius 3 is 2.64 bits per heavy atom. The van der Waals surface area contributed by atoms with E-state index in [1.54, 1.807) is 37.3 Å². The van der Waals surface area contributed by atoms with Crippen LogP contribution in [0.5, 0.6) is 5.75 Å². The van der Waals surface area contributed by atoms with Gasteiger partial charge in [0.15, 0.2) is 17.7 Å². The van der Waals surface area contributed by atoms with Crippen LogP contribution in [0.4, 0.5) is 5.82 Å². The molecule has 0 spiro atoms. The molecule has 13 nitrogen and oxygen atoms in total. The molecule has 5 unspecified atom stereocenters. The third-order valence-corrected chi connectivity index (χ3v) is 9.98. The molecule has 2 aromatic heterocycles. The van der Waals surface area contributed by atoms with E-state index in [2.05, 4.69) is 20.0 Å². The van der Waals surface area contributed by atoms with Crippen LogP contribution in [0.25, 0.3) is 11.2 Å².